The molecule has 3 aromatic carbocycles. The highest BCUT2D eigenvalue weighted by Crippen LogP contribution is 2.33. The fraction of sp³-hybridized carbons (Fsp3) is 0.136. The van der Waals surface area contributed by atoms with E-state index in [1.165, 1.54) is 0 Å². The second-order valence-electron chi connectivity index (χ2n) is 7.00. The van der Waals surface area contributed by atoms with E-state index < -0.39 is 45.3 Å². The van der Waals surface area contributed by atoms with E-state index in [-0.39, 0.29) is 17.0 Å². The normalized spacial score (nSPS) is 12.9. The van der Waals surface area contributed by atoms with Crippen LogP contribution in [0.1, 0.15) is 11.1 Å². The minimum absolute atomic E-state index is 0.138. The Morgan fingerprint density at radius 1 is 0.909 bits per heavy atom. The number of hydrogen-bond acceptors (Lipinski definition) is 3. The molecule has 1 amide bonds. The Morgan fingerprint density at radius 2 is 1.55 bits per heavy atom. The molecular weight excluding hydrogens is 467 g/mol. The summed E-state index contributed by atoms with van der Waals surface area (Å²) in [6, 6.07) is 12.6. The molecule has 3 aromatic rings. The van der Waals surface area contributed by atoms with E-state index in [2.05, 4.69) is 10.0 Å². The second kappa shape index (κ2) is 9.67. The van der Waals surface area contributed by atoms with Crippen molar-refractivity contribution < 1.29 is 35.2 Å². The van der Waals surface area contributed by atoms with Gasteiger partial charge in [-0.1, -0.05) is 30.3 Å². The summed E-state index contributed by atoms with van der Waals surface area (Å²) in [6.45, 7) is 0. The lowest BCUT2D eigenvalue weighted by molar-refractivity contribution is -0.140. The number of nitrogens with one attached hydrogen (secondary N) is 2. The molecule has 0 saturated carbocycles. The third-order valence-electron chi connectivity index (χ3n) is 4.56. The molecule has 0 spiro atoms. The molecule has 0 aliphatic carbocycles. The van der Waals surface area contributed by atoms with Crippen LogP contribution in [0.3, 0.4) is 0 Å². The van der Waals surface area contributed by atoms with Crippen LogP contribution in [-0.2, 0) is 27.4 Å². The number of anilines is 1. The van der Waals surface area contributed by atoms with Crippen LogP contribution in [0.5, 0.6) is 0 Å². The quantitative estimate of drug-likeness (QED) is 0.485. The maximum absolute atomic E-state index is 13.5. The number of carbonyl (C=O) groups is 1. The Hall–Kier alpha value is -3.31. The van der Waals surface area contributed by atoms with Crippen molar-refractivity contribution in [2.75, 3.05) is 5.32 Å². The summed E-state index contributed by atoms with van der Waals surface area (Å²) in [5.41, 5.74) is -1.38. The minimum atomic E-state index is -4.99. The predicted octanol–water partition coefficient (Wildman–Crippen LogP) is 4.51. The number of rotatable bonds is 7. The molecule has 0 radical (unpaired) electrons. The van der Waals surface area contributed by atoms with Crippen molar-refractivity contribution in [2.45, 2.75) is 23.5 Å². The first-order valence-corrected chi connectivity index (χ1v) is 10.9. The van der Waals surface area contributed by atoms with E-state index in [0.717, 1.165) is 30.3 Å². The Bertz CT molecular complexity index is 1230. The predicted molar refractivity (Wildman–Crippen MR) is 111 cm³/mol. The first kappa shape index (κ1) is 24.3. The van der Waals surface area contributed by atoms with Crippen LogP contribution in [0.2, 0.25) is 0 Å². The summed E-state index contributed by atoms with van der Waals surface area (Å²) in [5.74, 6) is -3.15. The lowest BCUT2D eigenvalue weighted by atomic mass is 10.1. The third-order valence-corrected chi connectivity index (χ3v) is 6.05. The van der Waals surface area contributed by atoms with Gasteiger partial charge in [0.2, 0.25) is 15.9 Å². The molecule has 3 rings (SSSR count). The van der Waals surface area contributed by atoms with Crippen molar-refractivity contribution in [2.24, 2.45) is 0 Å². The van der Waals surface area contributed by atoms with Crippen LogP contribution in [0.15, 0.2) is 77.7 Å². The van der Waals surface area contributed by atoms with E-state index in [0.29, 0.717) is 17.7 Å². The van der Waals surface area contributed by atoms with Crippen molar-refractivity contribution in [1.29, 1.82) is 0 Å². The molecule has 1 atom stereocenters. The van der Waals surface area contributed by atoms with Gasteiger partial charge in [-0.15, -0.1) is 0 Å². The maximum atomic E-state index is 13.5. The molecule has 0 bridgehead atoms. The van der Waals surface area contributed by atoms with E-state index in [1.807, 2.05) is 0 Å². The van der Waals surface area contributed by atoms with Crippen LogP contribution >= 0.6 is 0 Å². The summed E-state index contributed by atoms with van der Waals surface area (Å²) in [4.78, 5) is 12.5. The van der Waals surface area contributed by atoms with Gasteiger partial charge in [-0.3, -0.25) is 4.79 Å². The summed E-state index contributed by atoms with van der Waals surface area (Å²) in [7, 11) is -4.29. The van der Waals surface area contributed by atoms with Gasteiger partial charge in [0.25, 0.3) is 0 Å². The number of sulfonamides is 1. The van der Waals surface area contributed by atoms with Crippen LogP contribution in [0.4, 0.5) is 27.6 Å². The molecule has 0 aliphatic heterocycles. The Balaban J connectivity index is 1.89. The zero-order valence-corrected chi connectivity index (χ0v) is 17.6. The standard InChI is InChI=1S/C22H17F5N2O3S/c23-15-6-9-17(10-7-15)33(31,32)29-20(12-14-4-2-1-3-5-14)21(30)28-16-8-11-19(24)18(13-16)22(25,26)27/h1-11,13,20,29H,12H2,(H,28,30)/t20-/m0/s1. The van der Waals surface area contributed by atoms with Crippen molar-refractivity contribution in [3.63, 3.8) is 0 Å². The van der Waals surface area contributed by atoms with Gasteiger partial charge in [0.15, 0.2) is 0 Å². The molecule has 0 fully saturated rings. The number of hydrogen-bond donors (Lipinski definition) is 2. The van der Waals surface area contributed by atoms with Crippen LogP contribution in [0, 0.1) is 11.6 Å². The number of carbonyl (C=O) groups excluding carboxylic acids is 1. The highest BCUT2D eigenvalue weighted by atomic mass is 32.2. The van der Waals surface area contributed by atoms with Gasteiger partial charge >= 0.3 is 6.18 Å². The lowest BCUT2D eigenvalue weighted by Gasteiger charge is -2.19. The Kier molecular flexibility index (Phi) is 7.13. The van der Waals surface area contributed by atoms with E-state index in [9.17, 15) is 35.2 Å². The Morgan fingerprint density at radius 3 is 2.15 bits per heavy atom. The minimum Gasteiger partial charge on any atom is -0.325 e. The number of halogens is 5. The summed E-state index contributed by atoms with van der Waals surface area (Å²) in [5, 5.41) is 2.19. The van der Waals surface area contributed by atoms with Gasteiger partial charge in [0.05, 0.1) is 10.5 Å². The highest BCUT2D eigenvalue weighted by molar-refractivity contribution is 7.89. The fourth-order valence-corrected chi connectivity index (χ4v) is 4.15. The third kappa shape index (κ3) is 6.36. The van der Waals surface area contributed by atoms with Crippen LogP contribution in [-0.4, -0.2) is 20.4 Å². The molecule has 0 saturated heterocycles. The molecule has 33 heavy (non-hydrogen) atoms. The maximum Gasteiger partial charge on any atom is 0.419 e. The van der Waals surface area contributed by atoms with Crippen LogP contribution < -0.4 is 10.0 Å². The van der Waals surface area contributed by atoms with E-state index in [4.69, 9.17) is 0 Å². The van der Waals surface area contributed by atoms with Crippen molar-refractivity contribution in [3.05, 3.63) is 95.6 Å². The zero-order chi connectivity index (χ0) is 24.2. The highest BCUT2D eigenvalue weighted by Gasteiger charge is 2.34. The zero-order valence-electron chi connectivity index (χ0n) is 16.7. The number of alkyl halides is 3. The average Bonchev–Trinajstić information content (AvgIpc) is 2.74. The summed E-state index contributed by atoms with van der Waals surface area (Å²) in [6.07, 6.45) is -5.13. The molecule has 0 aromatic heterocycles. The van der Waals surface area contributed by atoms with E-state index >= 15 is 0 Å². The van der Waals surface area contributed by atoms with Gasteiger partial charge in [-0.2, -0.15) is 17.9 Å². The van der Waals surface area contributed by atoms with Crippen molar-refractivity contribution in [1.82, 2.24) is 4.72 Å². The topological polar surface area (TPSA) is 75.3 Å². The molecule has 2 N–H and O–H groups in total. The first-order valence-electron chi connectivity index (χ1n) is 9.45. The largest absolute Gasteiger partial charge is 0.419 e. The van der Waals surface area contributed by atoms with Gasteiger partial charge < -0.3 is 5.32 Å². The number of amides is 1. The van der Waals surface area contributed by atoms with Crippen molar-refractivity contribution >= 4 is 21.6 Å². The fourth-order valence-electron chi connectivity index (χ4n) is 2.96. The molecular formula is C22H17F5N2O3S. The SMILES string of the molecule is O=C(Nc1ccc(F)c(C(F)(F)F)c1)[C@H](Cc1ccccc1)NS(=O)(=O)c1ccc(F)cc1. The molecule has 0 aliphatic rings. The van der Waals surface area contributed by atoms with Gasteiger partial charge in [-0.05, 0) is 54.4 Å². The molecule has 0 unspecified atom stereocenters. The molecule has 0 heterocycles. The molecule has 174 valence electrons. The summed E-state index contributed by atoms with van der Waals surface area (Å²) < 4.78 is 93.3. The number of benzene rings is 3. The molecule has 5 nitrogen and oxygen atoms in total. The monoisotopic (exact) mass is 484 g/mol. The van der Waals surface area contributed by atoms with Crippen LogP contribution in [0.25, 0.3) is 0 Å². The van der Waals surface area contributed by atoms with Gasteiger partial charge in [0.1, 0.15) is 17.7 Å². The smallest absolute Gasteiger partial charge is 0.325 e. The average molecular weight is 484 g/mol. The van der Waals surface area contributed by atoms with Crippen molar-refractivity contribution in [3.8, 4) is 0 Å². The van der Waals surface area contributed by atoms with Gasteiger partial charge in [0, 0.05) is 5.69 Å². The Labute approximate surface area is 186 Å². The van der Waals surface area contributed by atoms with E-state index in [1.54, 1.807) is 30.3 Å². The molecule has 11 heteroatoms. The van der Waals surface area contributed by atoms with Gasteiger partial charge in [-0.25, -0.2) is 17.2 Å². The second-order valence-corrected chi connectivity index (χ2v) is 8.71. The summed E-state index contributed by atoms with van der Waals surface area (Å²) >= 11 is 0. The first-order chi connectivity index (χ1) is 15.5. The lowest BCUT2D eigenvalue weighted by Crippen LogP contribution is -2.45.